The first-order chi connectivity index (χ1) is 15.2. The molecule has 1 aromatic heterocycles. The molecular formula is C25H24N2O5. The molecule has 1 unspecified atom stereocenters. The van der Waals surface area contributed by atoms with Gasteiger partial charge in [-0.3, -0.25) is 19.7 Å². The number of Topliss-reactive ketones (excluding diaryl/α,β-unsaturated/α-hetero) is 2. The minimum atomic E-state index is -0.551. The molecule has 7 nitrogen and oxygen atoms in total. The lowest BCUT2D eigenvalue weighted by molar-refractivity contribution is -0.384. The zero-order chi connectivity index (χ0) is 22.8. The number of hydrogen-bond donors (Lipinski definition) is 0. The Labute approximate surface area is 185 Å². The van der Waals surface area contributed by atoms with Crippen LogP contribution in [0.4, 0.5) is 5.69 Å². The Morgan fingerprint density at radius 2 is 1.94 bits per heavy atom. The molecule has 1 aromatic carbocycles. The molecule has 164 valence electrons. The van der Waals surface area contributed by atoms with E-state index in [-0.39, 0.29) is 22.7 Å². The number of hydrogen-bond acceptors (Lipinski definition) is 6. The highest BCUT2D eigenvalue weighted by molar-refractivity contribution is 6.02. The number of aryl methyl sites for hydroxylation is 1. The summed E-state index contributed by atoms with van der Waals surface area (Å²) in [6, 6.07) is 6.38. The van der Waals surface area contributed by atoms with E-state index in [1.54, 1.807) is 12.1 Å². The first-order valence-electron chi connectivity index (χ1n) is 10.9. The van der Waals surface area contributed by atoms with Gasteiger partial charge in [0.25, 0.3) is 5.69 Å². The van der Waals surface area contributed by atoms with E-state index >= 15 is 0 Å². The van der Waals surface area contributed by atoms with E-state index in [0.717, 1.165) is 17.7 Å². The minimum absolute atomic E-state index is 0.0261. The smallest absolute Gasteiger partial charge is 0.269 e. The number of fused-ring (bicyclic) bond motifs is 2. The summed E-state index contributed by atoms with van der Waals surface area (Å²) in [5.41, 5.74) is 3.66. The van der Waals surface area contributed by atoms with Gasteiger partial charge < -0.3 is 4.74 Å². The number of nitrogens with zero attached hydrogens (tertiary/aromatic N) is 2. The summed E-state index contributed by atoms with van der Waals surface area (Å²) in [5.74, 6) is 0.473. The molecule has 7 heteroatoms. The second-order valence-electron chi connectivity index (χ2n) is 9.72. The van der Waals surface area contributed by atoms with Gasteiger partial charge in [-0.15, -0.1) is 0 Å². The van der Waals surface area contributed by atoms with Crippen LogP contribution in [0, 0.1) is 22.5 Å². The molecule has 2 aliphatic carbocycles. The third-order valence-electron chi connectivity index (χ3n) is 6.72. The van der Waals surface area contributed by atoms with Gasteiger partial charge in [0.1, 0.15) is 5.76 Å². The van der Waals surface area contributed by atoms with Gasteiger partial charge in [0.15, 0.2) is 11.6 Å². The number of nitro groups is 1. The highest BCUT2D eigenvalue weighted by Gasteiger charge is 2.44. The number of non-ortho nitro benzene ring substituents is 1. The summed E-state index contributed by atoms with van der Waals surface area (Å²) in [7, 11) is 0. The van der Waals surface area contributed by atoms with Crippen molar-refractivity contribution in [1.29, 1.82) is 0 Å². The van der Waals surface area contributed by atoms with Crippen molar-refractivity contribution in [3.63, 3.8) is 0 Å². The van der Waals surface area contributed by atoms with Crippen LogP contribution in [0.15, 0.2) is 35.6 Å². The van der Waals surface area contributed by atoms with Gasteiger partial charge >= 0.3 is 0 Å². The van der Waals surface area contributed by atoms with Crippen LogP contribution < -0.4 is 4.74 Å². The van der Waals surface area contributed by atoms with E-state index in [2.05, 4.69) is 0 Å². The van der Waals surface area contributed by atoms with Crippen LogP contribution in [0.1, 0.15) is 78.2 Å². The van der Waals surface area contributed by atoms with Crippen LogP contribution >= 0.6 is 0 Å². The summed E-state index contributed by atoms with van der Waals surface area (Å²) in [6.07, 6.45) is 2.88. The van der Waals surface area contributed by atoms with Crippen molar-refractivity contribution >= 4 is 17.3 Å². The normalized spacial score (nSPS) is 21.4. The lowest BCUT2D eigenvalue weighted by atomic mass is 9.69. The van der Waals surface area contributed by atoms with E-state index < -0.39 is 10.8 Å². The molecular weight excluding hydrogens is 408 g/mol. The van der Waals surface area contributed by atoms with Gasteiger partial charge in [-0.05, 0) is 36.3 Å². The van der Waals surface area contributed by atoms with Gasteiger partial charge in [0.05, 0.1) is 10.6 Å². The maximum atomic E-state index is 13.4. The first-order valence-corrected chi connectivity index (χ1v) is 10.9. The SMILES string of the molecule is Cc1c2c(nc3c1C(c1cccc([N+](=O)[O-])c1)C1=C(CC(C)(C)CC1=O)O3)CCCC2=O. The fourth-order valence-electron chi connectivity index (χ4n) is 5.36. The Bertz CT molecular complexity index is 1240. The summed E-state index contributed by atoms with van der Waals surface area (Å²) in [6.45, 7) is 5.93. The van der Waals surface area contributed by atoms with Gasteiger partial charge in [-0.1, -0.05) is 26.0 Å². The predicted molar refractivity (Wildman–Crippen MR) is 117 cm³/mol. The first kappa shape index (κ1) is 20.5. The van der Waals surface area contributed by atoms with E-state index in [1.165, 1.54) is 12.1 Å². The van der Waals surface area contributed by atoms with Gasteiger partial charge in [-0.2, -0.15) is 0 Å². The highest BCUT2D eigenvalue weighted by atomic mass is 16.6. The lowest BCUT2D eigenvalue weighted by Gasteiger charge is -2.39. The molecule has 0 saturated heterocycles. The third kappa shape index (κ3) is 3.15. The van der Waals surface area contributed by atoms with Crippen LogP contribution in [0.25, 0.3) is 0 Å². The summed E-state index contributed by atoms with van der Waals surface area (Å²) >= 11 is 0. The van der Waals surface area contributed by atoms with Crippen LogP contribution in [0.3, 0.4) is 0 Å². The fourth-order valence-corrected chi connectivity index (χ4v) is 5.36. The van der Waals surface area contributed by atoms with Crippen molar-refractivity contribution in [1.82, 2.24) is 4.98 Å². The largest absolute Gasteiger partial charge is 0.443 e. The molecule has 0 bridgehead atoms. The summed E-state index contributed by atoms with van der Waals surface area (Å²) < 4.78 is 6.26. The lowest BCUT2D eigenvalue weighted by Crippen LogP contribution is -2.34. The quantitative estimate of drug-likeness (QED) is 0.490. The second-order valence-corrected chi connectivity index (χ2v) is 9.72. The topological polar surface area (TPSA) is 99.4 Å². The zero-order valence-corrected chi connectivity index (χ0v) is 18.4. The molecule has 0 radical (unpaired) electrons. The van der Waals surface area contributed by atoms with Crippen molar-refractivity contribution in [3.8, 4) is 5.88 Å². The maximum absolute atomic E-state index is 13.4. The molecule has 1 aliphatic heterocycles. The van der Waals surface area contributed by atoms with E-state index in [4.69, 9.17) is 9.72 Å². The maximum Gasteiger partial charge on any atom is 0.269 e. The van der Waals surface area contributed by atoms with Crippen molar-refractivity contribution in [2.45, 2.75) is 58.8 Å². The zero-order valence-electron chi connectivity index (χ0n) is 18.4. The van der Waals surface area contributed by atoms with Gasteiger partial charge in [0.2, 0.25) is 5.88 Å². The van der Waals surface area contributed by atoms with Crippen LogP contribution in [-0.4, -0.2) is 21.5 Å². The average molecular weight is 432 g/mol. The molecule has 1 atom stereocenters. The molecule has 2 heterocycles. The number of carbonyl (C=O) groups is 2. The number of ketones is 2. The Morgan fingerprint density at radius 3 is 2.69 bits per heavy atom. The number of allylic oxidation sites excluding steroid dienone is 2. The van der Waals surface area contributed by atoms with E-state index in [0.29, 0.717) is 59.6 Å². The molecule has 0 spiro atoms. The molecule has 2 aromatic rings. The van der Waals surface area contributed by atoms with E-state index in [9.17, 15) is 19.7 Å². The number of pyridine rings is 1. The number of aromatic nitrogens is 1. The minimum Gasteiger partial charge on any atom is -0.443 e. The Morgan fingerprint density at radius 1 is 1.16 bits per heavy atom. The Hall–Kier alpha value is -3.35. The highest BCUT2D eigenvalue weighted by Crippen LogP contribution is 2.51. The summed E-state index contributed by atoms with van der Waals surface area (Å²) in [4.78, 5) is 41.9. The number of ether oxygens (including phenoxy) is 1. The van der Waals surface area contributed by atoms with Crippen molar-refractivity contribution in [3.05, 3.63) is 73.7 Å². The van der Waals surface area contributed by atoms with Crippen molar-refractivity contribution in [2.24, 2.45) is 5.41 Å². The van der Waals surface area contributed by atoms with Crippen molar-refractivity contribution < 1.29 is 19.2 Å². The van der Waals surface area contributed by atoms with Crippen molar-refractivity contribution in [2.75, 3.05) is 0 Å². The molecule has 0 N–H and O–H groups in total. The van der Waals surface area contributed by atoms with Crippen LogP contribution in [0.2, 0.25) is 0 Å². The average Bonchev–Trinajstić information content (AvgIpc) is 2.71. The van der Waals surface area contributed by atoms with Crippen LogP contribution in [-0.2, 0) is 11.2 Å². The number of rotatable bonds is 2. The third-order valence-corrected chi connectivity index (χ3v) is 6.72. The molecule has 0 saturated carbocycles. The van der Waals surface area contributed by atoms with Gasteiger partial charge in [-0.25, -0.2) is 4.98 Å². The molecule has 0 fully saturated rings. The van der Waals surface area contributed by atoms with Crippen LogP contribution in [0.5, 0.6) is 5.88 Å². The number of carbonyl (C=O) groups excluding carboxylic acids is 2. The summed E-state index contributed by atoms with van der Waals surface area (Å²) in [5, 5.41) is 11.5. The Kier molecular flexibility index (Phi) is 4.55. The van der Waals surface area contributed by atoms with Gasteiger partial charge in [0, 0.05) is 54.0 Å². The number of benzene rings is 1. The second kappa shape index (κ2) is 7.08. The number of nitro benzene ring substituents is 1. The predicted octanol–water partition coefficient (Wildman–Crippen LogP) is 4.98. The Balaban J connectivity index is 1.79. The fraction of sp³-hybridized carbons (Fsp3) is 0.400. The molecule has 5 rings (SSSR count). The molecule has 32 heavy (non-hydrogen) atoms. The standard InChI is InChI=1S/C25H24N2O5/c1-13-20-16(8-5-9-17(20)28)26-24-21(13)22(14-6-4-7-15(10-14)27(30)31)23-18(29)11-25(2,3)12-19(23)32-24/h4,6-7,10,22H,5,8-9,11-12H2,1-3H3. The molecule has 0 amide bonds. The monoisotopic (exact) mass is 432 g/mol. The molecule has 3 aliphatic rings. The van der Waals surface area contributed by atoms with E-state index in [1.807, 2.05) is 20.8 Å².